The molecule has 0 bridgehead atoms. The maximum atomic E-state index is 4.45. The lowest BCUT2D eigenvalue weighted by Crippen LogP contribution is -2.40. The van der Waals surface area contributed by atoms with E-state index in [0.29, 0.717) is 0 Å². The minimum atomic E-state index is 0. The van der Waals surface area contributed by atoms with E-state index < -0.39 is 0 Å². The highest BCUT2D eigenvalue weighted by molar-refractivity contribution is 14.0. The standard InChI is InChI=1S/C18H23N5.HI/c1-19-18(23-11-9-15-6-4-5-7-16(15)23)21-13-14-8-10-20-17(12-14)22(2)3;/h4-8,10,12H,9,11,13H2,1-3H3,(H,19,21);1H. The number of rotatable bonds is 3. The zero-order valence-corrected chi connectivity index (χ0v) is 16.7. The third kappa shape index (κ3) is 3.98. The highest BCUT2D eigenvalue weighted by atomic mass is 127. The molecule has 1 aliphatic heterocycles. The van der Waals surface area contributed by atoms with Crippen LogP contribution in [0, 0.1) is 0 Å². The topological polar surface area (TPSA) is 43.8 Å². The van der Waals surface area contributed by atoms with Gasteiger partial charge in [-0.1, -0.05) is 18.2 Å². The van der Waals surface area contributed by atoms with E-state index in [1.54, 1.807) is 0 Å². The Labute approximate surface area is 160 Å². The van der Waals surface area contributed by atoms with Crippen LogP contribution in [-0.4, -0.2) is 38.6 Å². The predicted octanol–water partition coefficient (Wildman–Crippen LogP) is 2.90. The van der Waals surface area contributed by atoms with E-state index >= 15 is 0 Å². The first kappa shape index (κ1) is 18.5. The van der Waals surface area contributed by atoms with Crippen molar-refractivity contribution in [2.75, 3.05) is 37.5 Å². The van der Waals surface area contributed by atoms with Crippen LogP contribution in [0.4, 0.5) is 11.5 Å². The van der Waals surface area contributed by atoms with Gasteiger partial charge in [-0.25, -0.2) is 4.98 Å². The molecule has 0 radical (unpaired) electrons. The van der Waals surface area contributed by atoms with Crippen LogP contribution in [0.1, 0.15) is 11.1 Å². The Kier molecular flexibility index (Phi) is 6.42. The van der Waals surface area contributed by atoms with Crippen LogP contribution in [-0.2, 0) is 13.0 Å². The fraction of sp³-hybridized carbons (Fsp3) is 0.333. The molecule has 6 heteroatoms. The summed E-state index contributed by atoms with van der Waals surface area (Å²) in [6.07, 6.45) is 2.91. The highest BCUT2D eigenvalue weighted by Crippen LogP contribution is 2.27. The number of halogens is 1. The third-order valence-corrected chi connectivity index (χ3v) is 4.07. The van der Waals surface area contributed by atoms with Crippen molar-refractivity contribution in [1.82, 2.24) is 10.3 Å². The molecule has 2 aromatic rings. The van der Waals surface area contributed by atoms with Crippen LogP contribution < -0.4 is 15.1 Å². The molecule has 3 rings (SSSR count). The number of benzene rings is 1. The summed E-state index contributed by atoms with van der Waals surface area (Å²) in [6, 6.07) is 12.7. The van der Waals surface area contributed by atoms with Crippen LogP contribution in [0.2, 0.25) is 0 Å². The lowest BCUT2D eigenvalue weighted by atomic mass is 10.2. The second kappa shape index (κ2) is 8.32. The van der Waals surface area contributed by atoms with Gasteiger partial charge in [-0.05, 0) is 35.7 Å². The van der Waals surface area contributed by atoms with Gasteiger partial charge in [-0.15, -0.1) is 24.0 Å². The van der Waals surface area contributed by atoms with Gasteiger partial charge >= 0.3 is 0 Å². The second-order valence-corrected chi connectivity index (χ2v) is 5.85. The number of aromatic nitrogens is 1. The smallest absolute Gasteiger partial charge is 0.198 e. The summed E-state index contributed by atoms with van der Waals surface area (Å²) in [5, 5.41) is 3.46. The molecular weight excluding hydrogens is 413 g/mol. The van der Waals surface area contributed by atoms with E-state index in [1.807, 2.05) is 38.3 Å². The number of hydrogen-bond donors (Lipinski definition) is 1. The van der Waals surface area contributed by atoms with E-state index in [0.717, 1.165) is 31.3 Å². The molecule has 0 unspecified atom stereocenters. The van der Waals surface area contributed by atoms with Crippen molar-refractivity contribution in [2.45, 2.75) is 13.0 Å². The Hall–Kier alpha value is -1.83. The van der Waals surface area contributed by atoms with Gasteiger partial charge < -0.3 is 15.1 Å². The maximum Gasteiger partial charge on any atom is 0.198 e. The number of hydrogen-bond acceptors (Lipinski definition) is 3. The van der Waals surface area contributed by atoms with E-state index in [1.165, 1.54) is 16.8 Å². The predicted molar refractivity (Wildman–Crippen MR) is 112 cm³/mol. The second-order valence-electron chi connectivity index (χ2n) is 5.85. The minimum Gasteiger partial charge on any atom is -0.363 e. The van der Waals surface area contributed by atoms with Crippen molar-refractivity contribution in [1.29, 1.82) is 0 Å². The monoisotopic (exact) mass is 437 g/mol. The molecule has 0 saturated carbocycles. The number of aliphatic imine (C=N–C) groups is 1. The van der Waals surface area contributed by atoms with E-state index in [9.17, 15) is 0 Å². The molecule has 0 amide bonds. The van der Waals surface area contributed by atoms with Gasteiger partial charge in [0.05, 0.1) is 0 Å². The van der Waals surface area contributed by atoms with Gasteiger partial charge in [-0.3, -0.25) is 4.99 Å². The number of para-hydroxylation sites is 1. The molecule has 2 heterocycles. The van der Waals surface area contributed by atoms with Crippen LogP contribution >= 0.6 is 24.0 Å². The van der Waals surface area contributed by atoms with E-state index in [2.05, 4.69) is 50.5 Å². The Bertz CT molecular complexity index is 714. The van der Waals surface area contributed by atoms with Crippen molar-refractivity contribution < 1.29 is 0 Å². The molecule has 0 fully saturated rings. The average Bonchev–Trinajstić information content (AvgIpc) is 3.00. The molecule has 0 spiro atoms. The van der Waals surface area contributed by atoms with Crippen LogP contribution in [0.15, 0.2) is 47.6 Å². The summed E-state index contributed by atoms with van der Waals surface area (Å²) in [5.74, 6) is 1.88. The van der Waals surface area contributed by atoms with Crippen molar-refractivity contribution >= 4 is 41.4 Å². The van der Waals surface area contributed by atoms with E-state index in [4.69, 9.17) is 0 Å². The number of nitrogens with zero attached hydrogens (tertiary/aromatic N) is 4. The fourth-order valence-corrected chi connectivity index (χ4v) is 2.85. The third-order valence-electron chi connectivity index (χ3n) is 4.07. The van der Waals surface area contributed by atoms with Crippen molar-refractivity contribution in [3.63, 3.8) is 0 Å². The Balaban J connectivity index is 0.00000208. The normalized spacial score (nSPS) is 13.3. The molecule has 5 nitrogen and oxygen atoms in total. The molecule has 1 aromatic heterocycles. The molecule has 24 heavy (non-hydrogen) atoms. The molecule has 1 aliphatic rings. The van der Waals surface area contributed by atoms with Crippen LogP contribution in [0.5, 0.6) is 0 Å². The van der Waals surface area contributed by atoms with Crippen LogP contribution in [0.3, 0.4) is 0 Å². The Morgan fingerprint density at radius 1 is 1.29 bits per heavy atom. The van der Waals surface area contributed by atoms with Gasteiger partial charge in [0.25, 0.3) is 0 Å². The lowest BCUT2D eigenvalue weighted by molar-refractivity contribution is 0.863. The molecular formula is C18H24IN5. The molecule has 1 N–H and O–H groups in total. The Morgan fingerprint density at radius 2 is 2.08 bits per heavy atom. The van der Waals surface area contributed by atoms with Gasteiger partial charge in [0.2, 0.25) is 0 Å². The first-order valence-corrected chi connectivity index (χ1v) is 7.87. The number of nitrogens with one attached hydrogen (secondary N) is 1. The zero-order valence-electron chi connectivity index (χ0n) is 14.4. The molecule has 0 aliphatic carbocycles. The summed E-state index contributed by atoms with van der Waals surface area (Å²) in [7, 11) is 5.83. The number of fused-ring (bicyclic) bond motifs is 1. The average molecular weight is 437 g/mol. The maximum absolute atomic E-state index is 4.45. The summed E-state index contributed by atoms with van der Waals surface area (Å²) in [6.45, 7) is 1.70. The van der Waals surface area contributed by atoms with Gasteiger partial charge in [0.1, 0.15) is 5.82 Å². The quantitative estimate of drug-likeness (QED) is 0.456. The lowest BCUT2D eigenvalue weighted by Gasteiger charge is -2.22. The first-order valence-electron chi connectivity index (χ1n) is 7.87. The fourth-order valence-electron chi connectivity index (χ4n) is 2.85. The SMILES string of the molecule is CN=C(NCc1ccnc(N(C)C)c1)N1CCc2ccccc21.I. The molecule has 1 aromatic carbocycles. The summed E-state index contributed by atoms with van der Waals surface area (Å²) in [5.41, 5.74) is 3.83. The zero-order chi connectivity index (χ0) is 16.2. The van der Waals surface area contributed by atoms with E-state index in [-0.39, 0.29) is 24.0 Å². The minimum absolute atomic E-state index is 0. The van der Waals surface area contributed by atoms with Crippen molar-refractivity contribution in [2.24, 2.45) is 4.99 Å². The van der Waals surface area contributed by atoms with Crippen LogP contribution in [0.25, 0.3) is 0 Å². The largest absolute Gasteiger partial charge is 0.363 e. The van der Waals surface area contributed by atoms with Gasteiger partial charge in [0, 0.05) is 46.1 Å². The summed E-state index contributed by atoms with van der Waals surface area (Å²) < 4.78 is 0. The number of pyridine rings is 1. The van der Waals surface area contributed by atoms with Gasteiger partial charge in [-0.2, -0.15) is 0 Å². The summed E-state index contributed by atoms with van der Waals surface area (Å²) in [4.78, 5) is 13.1. The highest BCUT2D eigenvalue weighted by Gasteiger charge is 2.22. The molecule has 128 valence electrons. The molecule has 0 atom stereocenters. The first-order chi connectivity index (χ1) is 11.2. The van der Waals surface area contributed by atoms with Crippen molar-refractivity contribution in [3.05, 3.63) is 53.7 Å². The summed E-state index contributed by atoms with van der Waals surface area (Å²) >= 11 is 0. The van der Waals surface area contributed by atoms with Gasteiger partial charge in [0.15, 0.2) is 5.96 Å². The number of anilines is 2. The van der Waals surface area contributed by atoms with Crippen molar-refractivity contribution in [3.8, 4) is 0 Å². The Morgan fingerprint density at radius 3 is 2.83 bits per heavy atom. The number of guanidine groups is 1. The molecule has 0 saturated heterocycles.